The van der Waals surface area contributed by atoms with Crippen molar-refractivity contribution in [2.45, 2.75) is 20.8 Å². The van der Waals surface area contributed by atoms with Gasteiger partial charge in [-0.15, -0.1) is 0 Å². The van der Waals surface area contributed by atoms with Gasteiger partial charge in [-0.25, -0.2) is 0 Å². The standard InChI is InChI=1S/C10H9NO.C2H6/c1-3-9-8-6-7(2)4-5-10(8)12-11-9;1-2/h3-6H,1H2,2H3;1-2H3. The zero-order chi connectivity index (χ0) is 10.6. The van der Waals surface area contributed by atoms with E-state index in [1.165, 1.54) is 5.56 Å². The first-order valence-corrected chi connectivity index (χ1v) is 4.80. The Labute approximate surface area is 84.2 Å². The van der Waals surface area contributed by atoms with Gasteiger partial charge in [0.25, 0.3) is 0 Å². The molecule has 0 bridgehead atoms. The summed E-state index contributed by atoms with van der Waals surface area (Å²) in [6.45, 7) is 9.70. The molecule has 2 aromatic rings. The van der Waals surface area contributed by atoms with Crippen molar-refractivity contribution in [1.82, 2.24) is 5.16 Å². The Morgan fingerprint density at radius 3 is 2.71 bits per heavy atom. The highest BCUT2D eigenvalue weighted by Crippen LogP contribution is 2.19. The topological polar surface area (TPSA) is 26.0 Å². The lowest BCUT2D eigenvalue weighted by atomic mass is 10.1. The van der Waals surface area contributed by atoms with E-state index in [2.05, 4.69) is 11.7 Å². The third kappa shape index (κ3) is 1.84. The van der Waals surface area contributed by atoms with Crippen LogP contribution in [0, 0.1) is 6.92 Å². The number of hydrogen-bond acceptors (Lipinski definition) is 2. The van der Waals surface area contributed by atoms with Crippen molar-refractivity contribution in [3.63, 3.8) is 0 Å². The second-order valence-corrected chi connectivity index (χ2v) is 2.77. The molecular weight excluding hydrogens is 174 g/mol. The second kappa shape index (κ2) is 4.61. The third-order valence-corrected chi connectivity index (χ3v) is 1.85. The average Bonchev–Trinajstić information content (AvgIpc) is 2.63. The van der Waals surface area contributed by atoms with Crippen molar-refractivity contribution in [2.24, 2.45) is 0 Å². The van der Waals surface area contributed by atoms with Gasteiger partial charge in [-0.3, -0.25) is 0 Å². The van der Waals surface area contributed by atoms with E-state index in [9.17, 15) is 0 Å². The summed E-state index contributed by atoms with van der Waals surface area (Å²) in [4.78, 5) is 0. The molecule has 1 aromatic carbocycles. The molecule has 0 atom stereocenters. The molecule has 0 radical (unpaired) electrons. The predicted octanol–water partition coefficient (Wildman–Crippen LogP) is 3.81. The Morgan fingerprint density at radius 1 is 1.36 bits per heavy atom. The van der Waals surface area contributed by atoms with Gasteiger partial charge in [0.05, 0.1) is 0 Å². The lowest BCUT2D eigenvalue weighted by molar-refractivity contribution is 0.454. The summed E-state index contributed by atoms with van der Waals surface area (Å²) < 4.78 is 5.07. The van der Waals surface area contributed by atoms with Gasteiger partial charge in [0.1, 0.15) is 5.69 Å². The third-order valence-electron chi connectivity index (χ3n) is 1.85. The maximum Gasteiger partial charge on any atom is 0.167 e. The van der Waals surface area contributed by atoms with E-state index < -0.39 is 0 Å². The Kier molecular flexibility index (Phi) is 3.46. The van der Waals surface area contributed by atoms with Gasteiger partial charge in [0.2, 0.25) is 0 Å². The van der Waals surface area contributed by atoms with Gasteiger partial charge in [-0.2, -0.15) is 0 Å². The summed E-state index contributed by atoms with van der Waals surface area (Å²) in [6, 6.07) is 5.97. The molecule has 1 aromatic heterocycles. The monoisotopic (exact) mass is 189 g/mol. The second-order valence-electron chi connectivity index (χ2n) is 2.77. The van der Waals surface area contributed by atoms with Gasteiger partial charge < -0.3 is 4.52 Å². The lowest BCUT2D eigenvalue weighted by Gasteiger charge is -1.89. The zero-order valence-electron chi connectivity index (χ0n) is 8.87. The van der Waals surface area contributed by atoms with E-state index in [1.54, 1.807) is 6.08 Å². The fraction of sp³-hybridized carbons (Fsp3) is 0.250. The molecule has 2 nitrogen and oxygen atoms in total. The van der Waals surface area contributed by atoms with Crippen LogP contribution in [0.1, 0.15) is 25.1 Å². The molecule has 14 heavy (non-hydrogen) atoms. The van der Waals surface area contributed by atoms with Crippen molar-refractivity contribution in [1.29, 1.82) is 0 Å². The smallest absolute Gasteiger partial charge is 0.167 e. The molecular formula is C12H15NO. The van der Waals surface area contributed by atoms with Gasteiger partial charge in [-0.1, -0.05) is 37.2 Å². The summed E-state index contributed by atoms with van der Waals surface area (Å²) >= 11 is 0. The van der Waals surface area contributed by atoms with Crippen LogP contribution in [0.15, 0.2) is 29.3 Å². The van der Waals surface area contributed by atoms with Crippen molar-refractivity contribution in [2.75, 3.05) is 0 Å². The average molecular weight is 189 g/mol. The number of nitrogens with zero attached hydrogens (tertiary/aromatic N) is 1. The summed E-state index contributed by atoms with van der Waals surface area (Å²) in [7, 11) is 0. The molecule has 2 heteroatoms. The van der Waals surface area contributed by atoms with E-state index in [1.807, 2.05) is 39.0 Å². The van der Waals surface area contributed by atoms with Crippen molar-refractivity contribution < 1.29 is 4.52 Å². The molecule has 0 N–H and O–H groups in total. The molecule has 2 rings (SSSR count). The van der Waals surface area contributed by atoms with E-state index in [0.29, 0.717) is 0 Å². The fourth-order valence-corrected chi connectivity index (χ4v) is 1.22. The molecule has 0 spiro atoms. The molecule has 1 heterocycles. The minimum absolute atomic E-state index is 0.814. The van der Waals surface area contributed by atoms with E-state index >= 15 is 0 Å². The molecule has 0 saturated heterocycles. The Hall–Kier alpha value is -1.57. The molecule has 0 aliphatic heterocycles. The highest BCUT2D eigenvalue weighted by Gasteiger charge is 2.03. The maximum absolute atomic E-state index is 5.07. The van der Waals surface area contributed by atoms with Crippen molar-refractivity contribution in [3.05, 3.63) is 36.0 Å². The van der Waals surface area contributed by atoms with Crippen LogP contribution in [0.25, 0.3) is 17.0 Å². The number of aryl methyl sites for hydroxylation is 1. The van der Waals surface area contributed by atoms with Crippen LogP contribution in [0.5, 0.6) is 0 Å². The quantitative estimate of drug-likeness (QED) is 0.681. The number of rotatable bonds is 1. The zero-order valence-corrected chi connectivity index (χ0v) is 8.87. The first-order valence-electron chi connectivity index (χ1n) is 4.80. The van der Waals surface area contributed by atoms with Gasteiger partial charge in [0, 0.05) is 5.39 Å². The summed E-state index contributed by atoms with van der Waals surface area (Å²) in [5, 5.41) is 4.89. The number of fused-ring (bicyclic) bond motifs is 1. The maximum atomic E-state index is 5.07. The Morgan fingerprint density at radius 2 is 2.07 bits per heavy atom. The lowest BCUT2D eigenvalue weighted by Crippen LogP contribution is -1.72. The van der Waals surface area contributed by atoms with Crippen molar-refractivity contribution >= 4 is 17.0 Å². The van der Waals surface area contributed by atoms with Crippen LogP contribution in [0.2, 0.25) is 0 Å². The van der Waals surface area contributed by atoms with Crippen LogP contribution in [-0.4, -0.2) is 5.16 Å². The molecule has 0 aliphatic rings. The van der Waals surface area contributed by atoms with Gasteiger partial charge in [0.15, 0.2) is 5.58 Å². The van der Waals surface area contributed by atoms with Gasteiger partial charge >= 0.3 is 0 Å². The highest BCUT2D eigenvalue weighted by atomic mass is 16.5. The van der Waals surface area contributed by atoms with Crippen molar-refractivity contribution in [3.8, 4) is 0 Å². The number of benzene rings is 1. The van der Waals surface area contributed by atoms with Gasteiger partial charge in [-0.05, 0) is 25.1 Å². The largest absolute Gasteiger partial charge is 0.356 e. The van der Waals surface area contributed by atoms with E-state index in [4.69, 9.17) is 4.52 Å². The highest BCUT2D eigenvalue weighted by molar-refractivity contribution is 5.85. The molecule has 0 fully saturated rings. The summed E-state index contributed by atoms with van der Waals surface area (Å²) in [5.41, 5.74) is 2.83. The van der Waals surface area contributed by atoms with Crippen LogP contribution >= 0.6 is 0 Å². The number of aromatic nitrogens is 1. The summed E-state index contributed by atoms with van der Waals surface area (Å²) in [6.07, 6.45) is 1.70. The molecule has 74 valence electrons. The Bertz CT molecular complexity index is 429. The van der Waals surface area contributed by atoms with E-state index in [0.717, 1.165) is 16.7 Å². The predicted molar refractivity (Wildman–Crippen MR) is 60.2 cm³/mol. The molecule has 0 saturated carbocycles. The fourth-order valence-electron chi connectivity index (χ4n) is 1.22. The van der Waals surface area contributed by atoms with Crippen LogP contribution in [0.3, 0.4) is 0 Å². The van der Waals surface area contributed by atoms with Crippen LogP contribution < -0.4 is 0 Å². The SMILES string of the molecule is C=Cc1noc2ccc(C)cc12.CC. The number of hydrogen-bond donors (Lipinski definition) is 0. The summed E-state index contributed by atoms with van der Waals surface area (Å²) in [5.74, 6) is 0. The van der Waals surface area contributed by atoms with E-state index in [-0.39, 0.29) is 0 Å². The normalized spacial score (nSPS) is 9.36. The minimum Gasteiger partial charge on any atom is -0.356 e. The molecule has 0 amide bonds. The first-order chi connectivity index (χ1) is 6.81. The minimum atomic E-state index is 0.814. The molecule has 0 aliphatic carbocycles. The molecule has 0 unspecified atom stereocenters. The first kappa shape index (κ1) is 10.5. The van der Waals surface area contributed by atoms with Crippen LogP contribution in [-0.2, 0) is 0 Å². The Balaban J connectivity index is 0.000000461. The van der Waals surface area contributed by atoms with Crippen LogP contribution in [0.4, 0.5) is 0 Å².